The minimum atomic E-state index is 0.749. The Kier molecular flexibility index (Phi) is 2.74. The van der Waals surface area contributed by atoms with Gasteiger partial charge in [-0.05, 0) is 17.7 Å². The highest BCUT2D eigenvalue weighted by Gasteiger charge is 2.09. The maximum atomic E-state index is 5.55. The van der Waals surface area contributed by atoms with Crippen LogP contribution in [0.4, 0.5) is 0 Å². The lowest BCUT2D eigenvalue weighted by Crippen LogP contribution is -1.97. The molecule has 0 N–H and O–H groups in total. The van der Waals surface area contributed by atoms with E-state index in [0.717, 1.165) is 36.5 Å². The fraction of sp³-hybridized carbons (Fsp3) is 0.400. The van der Waals surface area contributed by atoms with E-state index in [9.17, 15) is 0 Å². The van der Waals surface area contributed by atoms with Gasteiger partial charge < -0.3 is 9.47 Å². The molecule has 70 valence electrons. The first kappa shape index (κ1) is 8.88. The molecule has 1 aromatic carbocycles. The van der Waals surface area contributed by atoms with Crippen LogP contribution >= 0.6 is 15.9 Å². The van der Waals surface area contributed by atoms with Gasteiger partial charge in [-0.2, -0.15) is 0 Å². The second-order valence-electron chi connectivity index (χ2n) is 2.97. The van der Waals surface area contributed by atoms with Crippen LogP contribution in [-0.4, -0.2) is 13.2 Å². The molecule has 3 heteroatoms. The average Bonchev–Trinajstić information content (AvgIpc) is 2.41. The quantitative estimate of drug-likeness (QED) is 0.706. The fourth-order valence-electron chi connectivity index (χ4n) is 1.29. The lowest BCUT2D eigenvalue weighted by atomic mass is 10.2. The molecule has 1 aliphatic heterocycles. The minimum Gasteiger partial charge on any atom is -0.490 e. The summed E-state index contributed by atoms with van der Waals surface area (Å²) in [6.07, 6.45) is 0.957. The second kappa shape index (κ2) is 4.01. The summed E-state index contributed by atoms with van der Waals surface area (Å²) in [5, 5.41) is 0.851. The van der Waals surface area contributed by atoms with Crippen molar-refractivity contribution in [2.24, 2.45) is 0 Å². The fourth-order valence-corrected chi connectivity index (χ4v) is 1.64. The second-order valence-corrected chi connectivity index (χ2v) is 3.53. The van der Waals surface area contributed by atoms with Gasteiger partial charge in [-0.1, -0.05) is 22.0 Å². The van der Waals surface area contributed by atoms with Crippen LogP contribution in [0.25, 0.3) is 0 Å². The Hall–Kier alpha value is -0.700. The van der Waals surface area contributed by atoms with Crippen LogP contribution in [0.3, 0.4) is 0 Å². The molecule has 0 saturated heterocycles. The monoisotopic (exact) mass is 242 g/mol. The Morgan fingerprint density at radius 2 is 1.92 bits per heavy atom. The van der Waals surface area contributed by atoms with E-state index in [-0.39, 0.29) is 0 Å². The third-order valence-corrected chi connectivity index (χ3v) is 2.61. The number of ether oxygens (including phenoxy) is 2. The highest BCUT2D eigenvalue weighted by atomic mass is 79.9. The number of alkyl halides is 1. The topological polar surface area (TPSA) is 18.5 Å². The van der Waals surface area contributed by atoms with Crippen molar-refractivity contribution >= 4 is 15.9 Å². The lowest BCUT2D eigenvalue weighted by molar-refractivity contribution is 0.297. The molecule has 0 spiro atoms. The molecule has 2 rings (SSSR count). The summed E-state index contributed by atoms with van der Waals surface area (Å²) >= 11 is 3.41. The van der Waals surface area contributed by atoms with Gasteiger partial charge in [0.25, 0.3) is 0 Å². The molecule has 0 aliphatic carbocycles. The van der Waals surface area contributed by atoms with Gasteiger partial charge in [-0.25, -0.2) is 0 Å². The SMILES string of the molecule is BrCc1ccc2c(c1)OCCCO2. The molecule has 0 aromatic heterocycles. The number of halogens is 1. The Bertz CT molecular complexity index is 299. The first-order valence-corrected chi connectivity index (χ1v) is 5.47. The van der Waals surface area contributed by atoms with E-state index in [0.29, 0.717) is 0 Å². The summed E-state index contributed by atoms with van der Waals surface area (Å²) in [6.45, 7) is 1.50. The number of fused-ring (bicyclic) bond motifs is 1. The van der Waals surface area contributed by atoms with Crippen molar-refractivity contribution in [3.63, 3.8) is 0 Å². The Labute approximate surface area is 86.0 Å². The molecule has 0 bridgehead atoms. The van der Waals surface area contributed by atoms with E-state index < -0.39 is 0 Å². The van der Waals surface area contributed by atoms with Gasteiger partial charge >= 0.3 is 0 Å². The van der Waals surface area contributed by atoms with Crippen molar-refractivity contribution in [2.45, 2.75) is 11.8 Å². The van der Waals surface area contributed by atoms with Crippen LogP contribution in [0.5, 0.6) is 11.5 Å². The van der Waals surface area contributed by atoms with Crippen molar-refractivity contribution in [1.29, 1.82) is 0 Å². The van der Waals surface area contributed by atoms with Crippen LogP contribution in [-0.2, 0) is 5.33 Å². The van der Waals surface area contributed by atoms with Gasteiger partial charge in [-0.15, -0.1) is 0 Å². The molecule has 1 heterocycles. The zero-order valence-electron chi connectivity index (χ0n) is 7.25. The van der Waals surface area contributed by atoms with E-state index in [1.165, 1.54) is 5.56 Å². The number of rotatable bonds is 1. The number of hydrogen-bond donors (Lipinski definition) is 0. The van der Waals surface area contributed by atoms with Crippen LogP contribution < -0.4 is 9.47 Å². The Morgan fingerprint density at radius 1 is 1.15 bits per heavy atom. The highest BCUT2D eigenvalue weighted by Crippen LogP contribution is 2.30. The molecule has 0 radical (unpaired) electrons. The predicted molar refractivity (Wildman–Crippen MR) is 54.7 cm³/mol. The van der Waals surface area contributed by atoms with E-state index >= 15 is 0 Å². The average molecular weight is 243 g/mol. The molecule has 0 saturated carbocycles. The zero-order chi connectivity index (χ0) is 9.10. The van der Waals surface area contributed by atoms with Crippen LogP contribution in [0.2, 0.25) is 0 Å². The largest absolute Gasteiger partial charge is 0.490 e. The summed E-state index contributed by atoms with van der Waals surface area (Å²) in [6, 6.07) is 6.04. The molecule has 0 atom stereocenters. The van der Waals surface area contributed by atoms with Crippen molar-refractivity contribution in [1.82, 2.24) is 0 Å². The normalized spacial score (nSPS) is 15.2. The lowest BCUT2D eigenvalue weighted by Gasteiger charge is -2.07. The van der Waals surface area contributed by atoms with E-state index in [1.54, 1.807) is 0 Å². The molecule has 1 aromatic rings. The van der Waals surface area contributed by atoms with Gasteiger partial charge in [0.05, 0.1) is 13.2 Å². The van der Waals surface area contributed by atoms with Crippen LogP contribution in [0.15, 0.2) is 18.2 Å². The summed E-state index contributed by atoms with van der Waals surface area (Å²) in [5.41, 5.74) is 1.21. The third kappa shape index (κ3) is 1.97. The Morgan fingerprint density at radius 3 is 2.69 bits per heavy atom. The maximum absolute atomic E-state index is 5.55. The van der Waals surface area contributed by atoms with Crippen LogP contribution in [0.1, 0.15) is 12.0 Å². The molecule has 0 fully saturated rings. The molecular weight excluding hydrogens is 232 g/mol. The van der Waals surface area contributed by atoms with Gasteiger partial charge in [0.15, 0.2) is 11.5 Å². The van der Waals surface area contributed by atoms with Crippen molar-refractivity contribution in [2.75, 3.05) is 13.2 Å². The first-order chi connectivity index (χ1) is 6.40. The number of hydrogen-bond acceptors (Lipinski definition) is 2. The van der Waals surface area contributed by atoms with Gasteiger partial charge in [0.1, 0.15) is 0 Å². The molecule has 13 heavy (non-hydrogen) atoms. The summed E-state index contributed by atoms with van der Waals surface area (Å²) in [5.74, 6) is 1.73. The molecule has 1 aliphatic rings. The predicted octanol–water partition coefficient (Wildman–Crippen LogP) is 2.74. The minimum absolute atomic E-state index is 0.749. The summed E-state index contributed by atoms with van der Waals surface area (Å²) in [4.78, 5) is 0. The van der Waals surface area contributed by atoms with E-state index in [2.05, 4.69) is 15.9 Å². The third-order valence-electron chi connectivity index (χ3n) is 1.97. The number of benzene rings is 1. The van der Waals surface area contributed by atoms with E-state index in [1.807, 2.05) is 18.2 Å². The van der Waals surface area contributed by atoms with Crippen LogP contribution in [0, 0.1) is 0 Å². The molecule has 2 nitrogen and oxygen atoms in total. The van der Waals surface area contributed by atoms with Crippen molar-refractivity contribution in [3.8, 4) is 11.5 Å². The summed E-state index contributed by atoms with van der Waals surface area (Å²) in [7, 11) is 0. The standard InChI is InChI=1S/C10H11BrO2/c11-7-8-2-3-9-10(6-8)13-5-1-4-12-9/h2-3,6H,1,4-5,7H2. The van der Waals surface area contributed by atoms with E-state index in [4.69, 9.17) is 9.47 Å². The van der Waals surface area contributed by atoms with Gasteiger partial charge in [0.2, 0.25) is 0 Å². The first-order valence-electron chi connectivity index (χ1n) is 4.34. The Balaban J connectivity index is 2.32. The molecular formula is C10H11BrO2. The highest BCUT2D eigenvalue weighted by molar-refractivity contribution is 9.08. The summed E-state index contributed by atoms with van der Waals surface area (Å²) < 4.78 is 11.1. The maximum Gasteiger partial charge on any atom is 0.161 e. The zero-order valence-corrected chi connectivity index (χ0v) is 8.84. The van der Waals surface area contributed by atoms with Crippen molar-refractivity contribution < 1.29 is 9.47 Å². The molecule has 0 unspecified atom stereocenters. The van der Waals surface area contributed by atoms with Gasteiger partial charge in [0, 0.05) is 11.8 Å². The smallest absolute Gasteiger partial charge is 0.161 e. The van der Waals surface area contributed by atoms with Crippen molar-refractivity contribution in [3.05, 3.63) is 23.8 Å². The van der Waals surface area contributed by atoms with Gasteiger partial charge in [-0.3, -0.25) is 0 Å². The molecule has 0 amide bonds.